The van der Waals surface area contributed by atoms with E-state index in [4.69, 9.17) is 5.73 Å². The Kier molecular flexibility index (Phi) is 3.37. The lowest BCUT2D eigenvalue weighted by atomic mass is 10.1. The standard InChI is InChI=1S/C11H13N/c1-10-5-7-11(8-6-10)4-2-3-9-12/h5-8H,3,9,12H2,1H3. The van der Waals surface area contributed by atoms with Crippen LogP contribution in [0.15, 0.2) is 24.3 Å². The zero-order valence-electron chi connectivity index (χ0n) is 7.30. The molecule has 0 aliphatic carbocycles. The van der Waals surface area contributed by atoms with Crippen molar-refractivity contribution in [2.24, 2.45) is 5.73 Å². The minimum Gasteiger partial charge on any atom is -0.330 e. The Morgan fingerprint density at radius 3 is 2.50 bits per heavy atom. The summed E-state index contributed by atoms with van der Waals surface area (Å²) in [6.45, 7) is 2.70. The molecule has 0 atom stereocenters. The molecule has 0 fully saturated rings. The molecular formula is C11H13N. The van der Waals surface area contributed by atoms with E-state index in [-0.39, 0.29) is 0 Å². The number of hydrogen-bond acceptors (Lipinski definition) is 1. The fourth-order valence-electron chi connectivity index (χ4n) is 0.874. The van der Waals surface area contributed by atoms with Crippen LogP contribution >= 0.6 is 0 Å². The Labute approximate surface area is 73.6 Å². The number of hydrogen-bond donors (Lipinski definition) is 1. The van der Waals surface area contributed by atoms with Crippen LogP contribution in [0.3, 0.4) is 0 Å². The fraction of sp³-hybridized carbons (Fsp3) is 0.273. The van der Waals surface area contributed by atoms with E-state index >= 15 is 0 Å². The zero-order valence-corrected chi connectivity index (χ0v) is 7.30. The van der Waals surface area contributed by atoms with Crippen LogP contribution in [0.25, 0.3) is 0 Å². The average molecular weight is 159 g/mol. The summed E-state index contributed by atoms with van der Waals surface area (Å²) in [5, 5.41) is 0. The summed E-state index contributed by atoms with van der Waals surface area (Å²) in [6.07, 6.45) is 0.772. The second-order valence-corrected chi connectivity index (χ2v) is 2.71. The Balaban J connectivity index is 2.66. The molecular weight excluding hydrogens is 146 g/mol. The minimum absolute atomic E-state index is 0.638. The fourth-order valence-corrected chi connectivity index (χ4v) is 0.874. The monoisotopic (exact) mass is 159 g/mol. The number of aryl methyl sites for hydroxylation is 1. The Hall–Kier alpha value is -1.26. The lowest BCUT2D eigenvalue weighted by Gasteiger charge is -1.90. The topological polar surface area (TPSA) is 26.0 Å². The van der Waals surface area contributed by atoms with Crippen molar-refractivity contribution in [1.29, 1.82) is 0 Å². The minimum atomic E-state index is 0.638. The van der Waals surface area contributed by atoms with Gasteiger partial charge in [0, 0.05) is 18.5 Å². The summed E-state index contributed by atoms with van der Waals surface area (Å²) in [4.78, 5) is 0. The maximum absolute atomic E-state index is 5.31. The van der Waals surface area contributed by atoms with Crippen molar-refractivity contribution >= 4 is 0 Å². The van der Waals surface area contributed by atoms with Gasteiger partial charge in [0.15, 0.2) is 0 Å². The molecule has 62 valence electrons. The Morgan fingerprint density at radius 1 is 1.25 bits per heavy atom. The molecule has 0 amide bonds. The third kappa shape index (κ3) is 2.77. The SMILES string of the molecule is Cc1ccc(C#CCCN)cc1. The lowest BCUT2D eigenvalue weighted by molar-refractivity contribution is 1.03. The molecule has 0 unspecified atom stereocenters. The summed E-state index contributed by atoms with van der Waals surface area (Å²) < 4.78 is 0. The van der Waals surface area contributed by atoms with E-state index in [0.717, 1.165) is 12.0 Å². The molecule has 1 nitrogen and oxygen atoms in total. The third-order valence-corrected chi connectivity index (χ3v) is 1.55. The van der Waals surface area contributed by atoms with E-state index in [1.54, 1.807) is 0 Å². The summed E-state index contributed by atoms with van der Waals surface area (Å²) in [5.74, 6) is 6.04. The molecule has 12 heavy (non-hydrogen) atoms. The van der Waals surface area contributed by atoms with Crippen molar-refractivity contribution in [3.8, 4) is 11.8 Å². The largest absolute Gasteiger partial charge is 0.330 e. The van der Waals surface area contributed by atoms with Crippen LogP contribution in [-0.2, 0) is 0 Å². The normalized spacial score (nSPS) is 8.83. The number of rotatable bonds is 1. The highest BCUT2D eigenvalue weighted by Gasteiger charge is 1.84. The van der Waals surface area contributed by atoms with Crippen molar-refractivity contribution in [2.45, 2.75) is 13.3 Å². The molecule has 1 rings (SSSR count). The highest BCUT2D eigenvalue weighted by molar-refractivity contribution is 5.35. The predicted octanol–water partition coefficient (Wildman–Crippen LogP) is 1.70. The van der Waals surface area contributed by atoms with E-state index < -0.39 is 0 Å². The predicted molar refractivity (Wildman–Crippen MR) is 51.7 cm³/mol. The summed E-state index contributed by atoms with van der Waals surface area (Å²) in [7, 11) is 0. The third-order valence-electron chi connectivity index (χ3n) is 1.55. The van der Waals surface area contributed by atoms with Gasteiger partial charge in [-0.3, -0.25) is 0 Å². The van der Waals surface area contributed by atoms with Crippen molar-refractivity contribution in [3.63, 3.8) is 0 Å². The van der Waals surface area contributed by atoms with Gasteiger partial charge in [0.25, 0.3) is 0 Å². The van der Waals surface area contributed by atoms with Gasteiger partial charge in [0.05, 0.1) is 0 Å². The van der Waals surface area contributed by atoms with Gasteiger partial charge in [-0.2, -0.15) is 0 Å². The first-order valence-corrected chi connectivity index (χ1v) is 4.08. The van der Waals surface area contributed by atoms with Gasteiger partial charge in [-0.05, 0) is 19.1 Å². The van der Waals surface area contributed by atoms with Gasteiger partial charge in [-0.1, -0.05) is 29.5 Å². The molecule has 0 aliphatic rings. The summed E-state index contributed by atoms with van der Waals surface area (Å²) >= 11 is 0. The number of nitrogens with two attached hydrogens (primary N) is 1. The molecule has 0 saturated carbocycles. The van der Waals surface area contributed by atoms with E-state index in [9.17, 15) is 0 Å². The van der Waals surface area contributed by atoms with E-state index in [2.05, 4.69) is 30.9 Å². The lowest BCUT2D eigenvalue weighted by Crippen LogP contribution is -1.95. The quantitative estimate of drug-likeness (QED) is 0.620. The first kappa shape index (κ1) is 8.83. The second kappa shape index (κ2) is 4.58. The molecule has 0 heterocycles. The van der Waals surface area contributed by atoms with Gasteiger partial charge in [0.2, 0.25) is 0 Å². The van der Waals surface area contributed by atoms with Crippen LogP contribution in [0.1, 0.15) is 17.5 Å². The Morgan fingerprint density at radius 2 is 1.92 bits per heavy atom. The highest BCUT2D eigenvalue weighted by atomic mass is 14.5. The van der Waals surface area contributed by atoms with Gasteiger partial charge < -0.3 is 5.73 Å². The van der Waals surface area contributed by atoms with Gasteiger partial charge in [-0.15, -0.1) is 0 Å². The Bertz CT molecular complexity index is 287. The summed E-state index contributed by atoms with van der Waals surface area (Å²) in [5.41, 5.74) is 7.64. The van der Waals surface area contributed by atoms with Crippen LogP contribution in [0.2, 0.25) is 0 Å². The number of benzene rings is 1. The van der Waals surface area contributed by atoms with Crippen molar-refractivity contribution < 1.29 is 0 Å². The first-order valence-electron chi connectivity index (χ1n) is 4.08. The van der Waals surface area contributed by atoms with Gasteiger partial charge in [-0.25, -0.2) is 0 Å². The van der Waals surface area contributed by atoms with Crippen LogP contribution in [-0.4, -0.2) is 6.54 Å². The molecule has 1 heteroatoms. The average Bonchev–Trinajstić information content (AvgIpc) is 2.09. The van der Waals surface area contributed by atoms with Crippen LogP contribution in [0, 0.1) is 18.8 Å². The van der Waals surface area contributed by atoms with Crippen molar-refractivity contribution in [3.05, 3.63) is 35.4 Å². The smallest absolute Gasteiger partial charge is 0.0245 e. The maximum Gasteiger partial charge on any atom is 0.0245 e. The van der Waals surface area contributed by atoms with Crippen LogP contribution in [0.5, 0.6) is 0 Å². The second-order valence-electron chi connectivity index (χ2n) is 2.71. The molecule has 0 bridgehead atoms. The summed E-state index contributed by atoms with van der Waals surface area (Å²) in [6, 6.07) is 8.18. The van der Waals surface area contributed by atoms with Crippen molar-refractivity contribution in [1.82, 2.24) is 0 Å². The van der Waals surface area contributed by atoms with E-state index in [1.165, 1.54) is 5.56 Å². The molecule has 0 aromatic heterocycles. The molecule has 1 aromatic rings. The van der Waals surface area contributed by atoms with E-state index in [1.807, 2.05) is 12.1 Å². The highest BCUT2D eigenvalue weighted by Crippen LogP contribution is 2.00. The molecule has 0 radical (unpaired) electrons. The van der Waals surface area contributed by atoms with Crippen LogP contribution in [0.4, 0.5) is 0 Å². The van der Waals surface area contributed by atoms with E-state index in [0.29, 0.717) is 6.54 Å². The zero-order chi connectivity index (χ0) is 8.81. The molecule has 0 aliphatic heterocycles. The van der Waals surface area contributed by atoms with Gasteiger partial charge in [0.1, 0.15) is 0 Å². The maximum atomic E-state index is 5.31. The van der Waals surface area contributed by atoms with Crippen LogP contribution < -0.4 is 5.73 Å². The van der Waals surface area contributed by atoms with Gasteiger partial charge >= 0.3 is 0 Å². The molecule has 2 N–H and O–H groups in total. The molecule has 0 spiro atoms. The molecule has 1 aromatic carbocycles. The molecule has 0 saturated heterocycles. The first-order chi connectivity index (χ1) is 5.83. The van der Waals surface area contributed by atoms with Crippen molar-refractivity contribution in [2.75, 3.05) is 6.54 Å².